The number of amides is 2. The van der Waals surface area contributed by atoms with Gasteiger partial charge in [-0.15, -0.1) is 0 Å². The number of hydrogen-bond donors (Lipinski definition) is 3. The quantitative estimate of drug-likeness (QED) is 0.350. The summed E-state index contributed by atoms with van der Waals surface area (Å²) in [5.41, 5.74) is 1.49. The molecule has 5 rings (SSSR count). The first-order chi connectivity index (χ1) is 16.7. The van der Waals surface area contributed by atoms with Gasteiger partial charge in [-0.2, -0.15) is 13.2 Å². The van der Waals surface area contributed by atoms with Crippen LogP contribution in [0.1, 0.15) is 5.56 Å². The highest BCUT2D eigenvalue weighted by Crippen LogP contribution is 2.32. The van der Waals surface area contributed by atoms with Crippen molar-refractivity contribution in [1.29, 1.82) is 0 Å². The summed E-state index contributed by atoms with van der Waals surface area (Å²) in [6.45, 7) is 0. The predicted octanol–water partition coefficient (Wildman–Crippen LogP) is 4.70. The zero-order valence-electron chi connectivity index (χ0n) is 18.1. The fraction of sp³-hybridized carbons (Fsp3) is 0.0833. The minimum absolute atomic E-state index is 0.0836. The van der Waals surface area contributed by atoms with Crippen molar-refractivity contribution >= 4 is 33.8 Å². The number of nitrogens with one attached hydrogen (secondary N) is 3. The van der Waals surface area contributed by atoms with E-state index in [1.165, 1.54) is 29.9 Å². The van der Waals surface area contributed by atoms with Crippen molar-refractivity contribution in [2.75, 3.05) is 12.4 Å². The first kappa shape index (κ1) is 22.1. The van der Waals surface area contributed by atoms with Crippen LogP contribution in [0.5, 0.6) is 0 Å². The number of benzene rings is 2. The molecule has 0 saturated carbocycles. The second-order valence-corrected chi connectivity index (χ2v) is 7.70. The number of aromatic amines is 1. The molecule has 0 saturated heterocycles. The maximum atomic E-state index is 13.3. The number of anilines is 1. The summed E-state index contributed by atoms with van der Waals surface area (Å²) >= 11 is 0. The minimum Gasteiger partial charge on any atom is -0.341 e. The lowest BCUT2D eigenvalue weighted by Gasteiger charge is -2.11. The Morgan fingerprint density at radius 3 is 2.51 bits per heavy atom. The zero-order chi connectivity index (χ0) is 24.7. The van der Waals surface area contributed by atoms with Crippen LogP contribution < -0.4 is 16.3 Å². The molecule has 0 aliphatic rings. The van der Waals surface area contributed by atoms with Crippen molar-refractivity contribution in [3.63, 3.8) is 0 Å². The summed E-state index contributed by atoms with van der Waals surface area (Å²) < 4.78 is 41.1. The number of imidazole rings is 1. The molecule has 35 heavy (non-hydrogen) atoms. The van der Waals surface area contributed by atoms with Crippen LogP contribution in [0, 0.1) is 0 Å². The molecule has 0 aliphatic carbocycles. The number of aromatic nitrogens is 4. The Morgan fingerprint density at radius 1 is 1.00 bits per heavy atom. The lowest BCUT2D eigenvalue weighted by Crippen LogP contribution is -2.24. The second-order valence-electron chi connectivity index (χ2n) is 7.70. The third kappa shape index (κ3) is 4.07. The lowest BCUT2D eigenvalue weighted by atomic mass is 10.0. The highest BCUT2D eigenvalue weighted by Gasteiger charge is 2.30. The molecule has 176 valence electrons. The van der Waals surface area contributed by atoms with E-state index in [0.29, 0.717) is 27.8 Å². The van der Waals surface area contributed by atoms with Crippen molar-refractivity contribution in [3.8, 4) is 16.8 Å². The van der Waals surface area contributed by atoms with E-state index in [1.54, 1.807) is 30.5 Å². The highest BCUT2D eigenvalue weighted by atomic mass is 19.4. The van der Waals surface area contributed by atoms with Crippen molar-refractivity contribution in [3.05, 3.63) is 83.0 Å². The fourth-order valence-corrected chi connectivity index (χ4v) is 3.85. The molecule has 3 aromatic heterocycles. The van der Waals surface area contributed by atoms with Crippen molar-refractivity contribution in [2.24, 2.45) is 0 Å². The van der Waals surface area contributed by atoms with Gasteiger partial charge in [-0.05, 0) is 48.0 Å². The Bertz CT molecular complexity index is 1640. The molecule has 3 N–H and O–H groups in total. The number of hydrogen-bond acceptors (Lipinski definition) is 4. The van der Waals surface area contributed by atoms with Gasteiger partial charge in [-0.3, -0.25) is 14.9 Å². The Morgan fingerprint density at radius 2 is 1.80 bits per heavy atom. The molecule has 0 atom stereocenters. The summed E-state index contributed by atoms with van der Waals surface area (Å²) in [7, 11) is 1.49. The van der Waals surface area contributed by atoms with Crippen LogP contribution in [0.25, 0.3) is 38.8 Å². The van der Waals surface area contributed by atoms with Gasteiger partial charge in [-0.25, -0.2) is 14.6 Å². The number of carbonyl (C=O) groups is 1. The number of urea groups is 1. The van der Waals surface area contributed by atoms with E-state index in [1.807, 2.05) is 6.07 Å². The third-order valence-corrected chi connectivity index (χ3v) is 5.50. The first-order valence-electron chi connectivity index (χ1n) is 10.4. The molecular formula is C24H17F3N6O2. The average Bonchev–Trinajstić information content (AvgIpc) is 3.20. The van der Waals surface area contributed by atoms with Gasteiger partial charge in [0.05, 0.1) is 34.0 Å². The molecule has 2 amide bonds. The van der Waals surface area contributed by atoms with Crippen LogP contribution in [0.4, 0.5) is 23.8 Å². The first-order valence-corrected chi connectivity index (χ1v) is 10.4. The van der Waals surface area contributed by atoms with E-state index in [0.717, 1.165) is 23.3 Å². The molecule has 0 radical (unpaired) electrons. The van der Waals surface area contributed by atoms with Crippen LogP contribution in [0.2, 0.25) is 0 Å². The molecule has 0 aliphatic heterocycles. The van der Waals surface area contributed by atoms with Crippen LogP contribution in [0.3, 0.4) is 0 Å². The number of halogens is 3. The predicted molar refractivity (Wildman–Crippen MR) is 126 cm³/mol. The van der Waals surface area contributed by atoms with Gasteiger partial charge in [0.1, 0.15) is 5.82 Å². The van der Waals surface area contributed by atoms with Gasteiger partial charge in [0.15, 0.2) is 0 Å². The number of fused-ring (bicyclic) bond motifs is 3. The summed E-state index contributed by atoms with van der Waals surface area (Å²) in [6, 6.07) is 13.0. The normalized spacial score (nSPS) is 11.7. The Balaban J connectivity index is 1.67. The molecule has 0 bridgehead atoms. The van der Waals surface area contributed by atoms with Gasteiger partial charge in [0.2, 0.25) is 0 Å². The molecule has 0 unspecified atom stereocenters. The number of H-pyrrole nitrogens is 1. The number of alkyl halides is 3. The van der Waals surface area contributed by atoms with Gasteiger partial charge in [0, 0.05) is 24.2 Å². The fourth-order valence-electron chi connectivity index (χ4n) is 3.85. The molecule has 3 heterocycles. The number of carbonyl (C=O) groups excluding carboxylic acids is 1. The van der Waals surface area contributed by atoms with E-state index in [-0.39, 0.29) is 5.69 Å². The van der Waals surface area contributed by atoms with Gasteiger partial charge in [0.25, 0.3) is 0 Å². The van der Waals surface area contributed by atoms with Crippen molar-refractivity contribution in [2.45, 2.75) is 6.18 Å². The van der Waals surface area contributed by atoms with E-state index < -0.39 is 23.5 Å². The molecule has 0 spiro atoms. The second kappa shape index (κ2) is 8.28. The molecular weight excluding hydrogens is 461 g/mol. The Kier molecular flexibility index (Phi) is 5.24. The largest absolute Gasteiger partial charge is 0.416 e. The highest BCUT2D eigenvalue weighted by molar-refractivity contribution is 6.04. The van der Waals surface area contributed by atoms with E-state index in [2.05, 4.69) is 25.6 Å². The molecule has 0 fully saturated rings. The van der Waals surface area contributed by atoms with Gasteiger partial charge in [-0.1, -0.05) is 12.1 Å². The topological polar surface area (TPSA) is 105 Å². The lowest BCUT2D eigenvalue weighted by molar-refractivity contribution is -0.137. The zero-order valence-corrected chi connectivity index (χ0v) is 18.1. The van der Waals surface area contributed by atoms with Crippen molar-refractivity contribution < 1.29 is 18.0 Å². The average molecular weight is 478 g/mol. The third-order valence-electron chi connectivity index (χ3n) is 5.50. The number of pyridine rings is 2. The number of nitrogens with zero attached hydrogens (tertiary/aromatic N) is 3. The molecule has 5 aromatic rings. The Hall–Kier alpha value is -4.67. The smallest absolute Gasteiger partial charge is 0.341 e. The minimum atomic E-state index is -4.55. The van der Waals surface area contributed by atoms with E-state index in [9.17, 15) is 22.8 Å². The van der Waals surface area contributed by atoms with Crippen molar-refractivity contribution in [1.82, 2.24) is 24.8 Å². The van der Waals surface area contributed by atoms with Gasteiger partial charge >= 0.3 is 17.9 Å². The van der Waals surface area contributed by atoms with Crippen LogP contribution in [0.15, 0.2) is 71.8 Å². The molecule has 11 heteroatoms. The standard InChI is InChI=1S/C24H17F3N6O2/c1-28-22(34)32-20-8-6-14(11-30-20)13-5-7-18-17(9-13)21-19(12-29-18)31-23(35)33(21)16-4-2-3-15(10-16)24(25,26)27/h2-12H,1H3,(H,31,35)(H2,28,30,32,34). The Labute approximate surface area is 195 Å². The van der Waals surface area contributed by atoms with Crippen LogP contribution in [-0.4, -0.2) is 32.6 Å². The van der Waals surface area contributed by atoms with Crippen LogP contribution in [-0.2, 0) is 6.18 Å². The monoisotopic (exact) mass is 478 g/mol. The van der Waals surface area contributed by atoms with Crippen LogP contribution >= 0.6 is 0 Å². The van der Waals surface area contributed by atoms with E-state index in [4.69, 9.17) is 0 Å². The van der Waals surface area contributed by atoms with E-state index >= 15 is 0 Å². The van der Waals surface area contributed by atoms with Gasteiger partial charge < -0.3 is 10.3 Å². The SMILES string of the molecule is CNC(=O)Nc1ccc(-c2ccc3ncc4[nH]c(=O)n(-c5cccc(C(F)(F)F)c5)c4c3c2)cn1. The summed E-state index contributed by atoms with van der Waals surface area (Å²) in [6.07, 6.45) is -1.49. The maximum absolute atomic E-state index is 13.3. The molecule has 2 aromatic carbocycles. The maximum Gasteiger partial charge on any atom is 0.416 e. The summed E-state index contributed by atoms with van der Waals surface area (Å²) in [5, 5.41) is 5.59. The molecule has 8 nitrogen and oxygen atoms in total. The summed E-state index contributed by atoms with van der Waals surface area (Å²) in [5.74, 6) is 0.363. The number of rotatable bonds is 3. The summed E-state index contributed by atoms with van der Waals surface area (Å²) in [4.78, 5) is 35.5.